The highest BCUT2D eigenvalue weighted by atomic mass is 32.2. The third-order valence-corrected chi connectivity index (χ3v) is 8.09. The highest BCUT2D eigenvalue weighted by Gasteiger charge is 2.23. The molecular weight excluding hydrogens is 434 g/mol. The summed E-state index contributed by atoms with van der Waals surface area (Å²) in [5.41, 5.74) is 1.62. The number of nitrogens with zero attached hydrogens (tertiary/aromatic N) is 5. The Balaban J connectivity index is 1.94. The van der Waals surface area contributed by atoms with Gasteiger partial charge in [-0.15, -0.1) is 0 Å². The summed E-state index contributed by atoms with van der Waals surface area (Å²) in [6, 6.07) is 5.23. The second kappa shape index (κ2) is 10.1. The number of aromatic nitrogens is 4. The first-order valence-electron chi connectivity index (χ1n) is 10.8. The lowest BCUT2D eigenvalue weighted by Crippen LogP contribution is -2.30. The van der Waals surface area contributed by atoms with Gasteiger partial charge >= 0.3 is 0 Å². The fourth-order valence-electron chi connectivity index (χ4n) is 3.29. The van der Waals surface area contributed by atoms with Gasteiger partial charge in [0, 0.05) is 25.6 Å². The van der Waals surface area contributed by atoms with Crippen LogP contribution >= 0.6 is 11.8 Å². The van der Waals surface area contributed by atoms with E-state index in [1.54, 1.807) is 12.1 Å². The zero-order chi connectivity index (χ0) is 22.6. The molecule has 2 heterocycles. The average Bonchev–Trinajstić information content (AvgIpc) is 3.35. The highest BCUT2D eigenvalue weighted by Crippen LogP contribution is 2.29. The van der Waals surface area contributed by atoms with Crippen molar-refractivity contribution in [3.63, 3.8) is 0 Å². The second-order valence-corrected chi connectivity index (χ2v) is 10.5. The molecule has 0 fully saturated rings. The number of thioether (sulfide) groups is 1. The molecule has 0 N–H and O–H groups in total. The minimum absolute atomic E-state index is 0.187. The van der Waals surface area contributed by atoms with E-state index in [1.165, 1.54) is 16.1 Å². The van der Waals surface area contributed by atoms with Crippen LogP contribution in [0, 0.1) is 0 Å². The molecule has 1 aromatic carbocycles. The summed E-state index contributed by atoms with van der Waals surface area (Å²) in [6.07, 6.45) is 2.07. The van der Waals surface area contributed by atoms with Crippen molar-refractivity contribution in [2.45, 2.75) is 75.7 Å². The van der Waals surface area contributed by atoms with Crippen molar-refractivity contribution in [2.24, 2.45) is 0 Å². The maximum Gasteiger partial charge on any atom is 0.243 e. The molecule has 0 atom stereocenters. The lowest BCUT2D eigenvalue weighted by molar-refractivity contribution is 0.362. The number of aryl methyl sites for hydroxylation is 1. The summed E-state index contributed by atoms with van der Waals surface area (Å²) in [6.45, 7) is 11.6. The van der Waals surface area contributed by atoms with E-state index in [1.807, 2.05) is 33.8 Å². The largest absolute Gasteiger partial charge is 0.339 e. The summed E-state index contributed by atoms with van der Waals surface area (Å²) in [5.74, 6) is 1.98. The average molecular weight is 466 g/mol. The molecule has 0 unspecified atom stereocenters. The third-order valence-electron chi connectivity index (χ3n) is 5.07. The standard InChI is InChI=1S/C21H31N5O3S2/c1-6-9-12-26-18-11-10-16(31(27,28)25(7-2)8-3)13-17(18)22-21(26)30-14-19-23-20(15(4)5)29-24-19/h10-11,13,15H,6-9,12,14H2,1-5H3. The molecule has 3 rings (SSSR count). The Bertz CT molecular complexity index is 1120. The van der Waals surface area contributed by atoms with E-state index in [4.69, 9.17) is 9.51 Å². The van der Waals surface area contributed by atoms with Crippen molar-refractivity contribution in [3.05, 3.63) is 29.9 Å². The molecule has 0 aliphatic heterocycles. The van der Waals surface area contributed by atoms with Crippen LogP contribution in [-0.2, 0) is 22.3 Å². The predicted octanol–water partition coefficient (Wildman–Crippen LogP) is 4.67. The Hall–Kier alpha value is -1.91. The maximum absolute atomic E-state index is 12.9. The van der Waals surface area contributed by atoms with Crippen molar-refractivity contribution < 1.29 is 12.9 Å². The number of unbranched alkanes of at least 4 members (excludes halogenated alkanes) is 1. The van der Waals surface area contributed by atoms with Gasteiger partial charge in [-0.2, -0.15) is 9.29 Å². The SMILES string of the molecule is CCCCn1c(SCc2noc(C(C)C)n2)nc2cc(S(=O)(=O)N(CC)CC)ccc21. The molecule has 8 nitrogen and oxygen atoms in total. The van der Waals surface area contributed by atoms with Crippen LogP contribution in [0.4, 0.5) is 0 Å². The zero-order valence-electron chi connectivity index (χ0n) is 18.8. The van der Waals surface area contributed by atoms with E-state index in [0.29, 0.717) is 36.1 Å². The van der Waals surface area contributed by atoms with Gasteiger partial charge in [0.2, 0.25) is 15.9 Å². The molecule has 31 heavy (non-hydrogen) atoms. The van der Waals surface area contributed by atoms with Gasteiger partial charge in [-0.25, -0.2) is 13.4 Å². The lowest BCUT2D eigenvalue weighted by Gasteiger charge is -2.18. The quantitative estimate of drug-likeness (QED) is 0.380. The third kappa shape index (κ3) is 5.12. The van der Waals surface area contributed by atoms with Crippen LogP contribution in [0.15, 0.2) is 32.8 Å². The lowest BCUT2D eigenvalue weighted by atomic mass is 10.2. The maximum atomic E-state index is 12.9. The monoisotopic (exact) mass is 465 g/mol. The normalized spacial score (nSPS) is 12.5. The fourth-order valence-corrected chi connectivity index (χ4v) is 5.66. The van der Waals surface area contributed by atoms with Crippen LogP contribution in [-0.4, -0.2) is 45.5 Å². The first kappa shape index (κ1) is 23.7. The number of hydrogen-bond acceptors (Lipinski definition) is 7. The molecule has 0 spiro atoms. The van der Waals surface area contributed by atoms with Crippen molar-refractivity contribution in [3.8, 4) is 0 Å². The Labute approximate surface area is 188 Å². The van der Waals surface area contributed by atoms with Gasteiger partial charge in [-0.1, -0.05) is 58.0 Å². The Morgan fingerprint density at radius 1 is 1.16 bits per heavy atom. The molecule has 2 aromatic heterocycles. The van der Waals surface area contributed by atoms with Crippen LogP contribution in [0.3, 0.4) is 0 Å². The van der Waals surface area contributed by atoms with E-state index in [-0.39, 0.29) is 10.8 Å². The van der Waals surface area contributed by atoms with Crippen LogP contribution in [0.1, 0.15) is 65.1 Å². The van der Waals surface area contributed by atoms with Gasteiger partial charge in [-0.3, -0.25) is 0 Å². The molecule has 0 saturated heterocycles. The molecule has 0 aliphatic carbocycles. The number of imidazole rings is 1. The molecule has 0 aliphatic rings. The molecule has 0 amide bonds. The van der Waals surface area contributed by atoms with Crippen LogP contribution in [0.2, 0.25) is 0 Å². The number of sulfonamides is 1. The van der Waals surface area contributed by atoms with Crippen molar-refractivity contribution in [1.29, 1.82) is 0 Å². The highest BCUT2D eigenvalue weighted by molar-refractivity contribution is 7.98. The molecule has 10 heteroatoms. The summed E-state index contributed by atoms with van der Waals surface area (Å²) in [4.78, 5) is 9.48. The topological polar surface area (TPSA) is 94.1 Å². The zero-order valence-corrected chi connectivity index (χ0v) is 20.5. The number of benzene rings is 1. The van der Waals surface area contributed by atoms with Gasteiger partial charge in [0.25, 0.3) is 0 Å². The first-order valence-corrected chi connectivity index (χ1v) is 13.2. The number of hydrogen-bond donors (Lipinski definition) is 0. The van der Waals surface area contributed by atoms with Crippen LogP contribution in [0.5, 0.6) is 0 Å². The molecule has 0 radical (unpaired) electrons. The minimum atomic E-state index is -3.53. The van der Waals surface area contributed by atoms with Gasteiger partial charge in [0.15, 0.2) is 11.0 Å². The predicted molar refractivity (Wildman–Crippen MR) is 123 cm³/mol. The first-order chi connectivity index (χ1) is 14.8. The van der Waals surface area contributed by atoms with E-state index in [9.17, 15) is 8.42 Å². The Morgan fingerprint density at radius 3 is 2.52 bits per heavy atom. The van der Waals surface area contributed by atoms with Crippen molar-refractivity contribution >= 4 is 32.8 Å². The number of rotatable bonds is 11. The minimum Gasteiger partial charge on any atom is -0.339 e. The van der Waals surface area contributed by atoms with Gasteiger partial charge in [0.05, 0.1) is 21.7 Å². The van der Waals surface area contributed by atoms with E-state index in [0.717, 1.165) is 30.1 Å². The summed E-state index contributed by atoms with van der Waals surface area (Å²) < 4.78 is 34.8. The van der Waals surface area contributed by atoms with Crippen LogP contribution in [0.25, 0.3) is 11.0 Å². The Morgan fingerprint density at radius 2 is 1.90 bits per heavy atom. The number of fused-ring (bicyclic) bond motifs is 1. The summed E-state index contributed by atoms with van der Waals surface area (Å²) in [5, 5.41) is 4.88. The molecule has 3 aromatic rings. The molecule has 0 saturated carbocycles. The van der Waals surface area contributed by atoms with E-state index < -0.39 is 10.0 Å². The molecule has 0 bridgehead atoms. The Kier molecular flexibility index (Phi) is 7.77. The molecule has 170 valence electrons. The summed E-state index contributed by atoms with van der Waals surface area (Å²) >= 11 is 1.54. The fraction of sp³-hybridized carbons (Fsp3) is 0.571. The van der Waals surface area contributed by atoms with Gasteiger partial charge in [-0.05, 0) is 24.6 Å². The van der Waals surface area contributed by atoms with E-state index >= 15 is 0 Å². The van der Waals surface area contributed by atoms with Crippen molar-refractivity contribution in [1.82, 2.24) is 24.0 Å². The smallest absolute Gasteiger partial charge is 0.243 e. The van der Waals surface area contributed by atoms with Crippen LogP contribution < -0.4 is 0 Å². The van der Waals surface area contributed by atoms with Gasteiger partial charge < -0.3 is 9.09 Å². The second-order valence-electron chi connectivity index (χ2n) is 7.63. The van der Waals surface area contributed by atoms with E-state index in [2.05, 4.69) is 21.6 Å². The van der Waals surface area contributed by atoms with Gasteiger partial charge in [0.1, 0.15) is 0 Å². The van der Waals surface area contributed by atoms with Crippen molar-refractivity contribution in [2.75, 3.05) is 13.1 Å². The molecular formula is C21H31N5O3S2. The summed E-state index contributed by atoms with van der Waals surface area (Å²) in [7, 11) is -3.53.